The van der Waals surface area contributed by atoms with Gasteiger partial charge in [0.2, 0.25) is 0 Å². The lowest BCUT2D eigenvalue weighted by Crippen LogP contribution is -2.04. The molecule has 6 heteroatoms. The summed E-state index contributed by atoms with van der Waals surface area (Å²) >= 11 is 1.67. The van der Waals surface area contributed by atoms with Crippen LogP contribution in [-0.4, -0.2) is 14.8 Å². The number of thiazole rings is 1. The zero-order chi connectivity index (χ0) is 15.1. The van der Waals surface area contributed by atoms with E-state index < -0.39 is 0 Å². The van der Waals surface area contributed by atoms with E-state index in [1.54, 1.807) is 11.3 Å². The molecular formula is C15H19N5S. The van der Waals surface area contributed by atoms with Crippen LogP contribution in [0.2, 0.25) is 0 Å². The first-order valence-corrected chi connectivity index (χ1v) is 7.67. The van der Waals surface area contributed by atoms with Crippen LogP contribution in [0, 0.1) is 20.8 Å². The molecule has 0 atom stereocenters. The Balaban J connectivity index is 1.89. The second-order valence-electron chi connectivity index (χ2n) is 5.27. The van der Waals surface area contributed by atoms with Gasteiger partial charge in [-0.1, -0.05) is 0 Å². The first-order chi connectivity index (χ1) is 9.95. The van der Waals surface area contributed by atoms with Gasteiger partial charge in [0.05, 0.1) is 32.3 Å². The lowest BCUT2D eigenvalue weighted by atomic mass is 10.2. The average Bonchev–Trinajstić information content (AvgIpc) is 2.87. The highest BCUT2D eigenvalue weighted by Gasteiger charge is 2.11. The number of aromatic nitrogens is 3. The Kier molecular flexibility index (Phi) is 3.33. The molecule has 0 spiro atoms. The van der Waals surface area contributed by atoms with Crippen LogP contribution in [0.3, 0.4) is 0 Å². The summed E-state index contributed by atoms with van der Waals surface area (Å²) in [5, 5.41) is 8.90. The first-order valence-electron chi connectivity index (χ1n) is 6.85. The van der Waals surface area contributed by atoms with Crippen molar-refractivity contribution < 1.29 is 0 Å². The molecule has 1 aromatic carbocycles. The number of benzene rings is 1. The lowest BCUT2D eigenvalue weighted by molar-refractivity contribution is 0.730. The summed E-state index contributed by atoms with van der Waals surface area (Å²) in [4.78, 5) is 4.52. The number of rotatable bonds is 3. The Morgan fingerprint density at radius 1 is 1.29 bits per heavy atom. The second kappa shape index (κ2) is 5.04. The minimum absolute atomic E-state index is 0.713. The molecule has 0 aliphatic carbocycles. The maximum Gasteiger partial charge on any atom is 0.0907 e. The molecule has 0 amide bonds. The third kappa shape index (κ3) is 2.47. The fraction of sp³-hybridized carbons (Fsp3) is 0.333. The normalized spacial score (nSPS) is 11.2. The van der Waals surface area contributed by atoms with Crippen LogP contribution < -0.4 is 11.1 Å². The Labute approximate surface area is 127 Å². The predicted molar refractivity (Wildman–Crippen MR) is 88.8 cm³/mol. The average molecular weight is 301 g/mol. The Morgan fingerprint density at radius 3 is 2.71 bits per heavy atom. The number of hydrogen-bond donors (Lipinski definition) is 2. The lowest BCUT2D eigenvalue weighted by Gasteiger charge is -2.10. The summed E-state index contributed by atoms with van der Waals surface area (Å²) in [7, 11) is 1.96. The molecule has 110 valence electrons. The number of fused-ring (bicyclic) bond motifs is 1. The van der Waals surface area contributed by atoms with E-state index in [1.165, 1.54) is 11.3 Å². The van der Waals surface area contributed by atoms with E-state index in [1.807, 2.05) is 37.7 Å². The number of aryl methyl sites for hydroxylation is 3. The molecule has 0 saturated heterocycles. The molecule has 0 radical (unpaired) electrons. The van der Waals surface area contributed by atoms with Gasteiger partial charge in [0.15, 0.2) is 0 Å². The highest BCUT2D eigenvalue weighted by atomic mass is 32.1. The fourth-order valence-corrected chi connectivity index (χ4v) is 3.37. The van der Waals surface area contributed by atoms with Crippen molar-refractivity contribution in [3.63, 3.8) is 0 Å². The van der Waals surface area contributed by atoms with Crippen molar-refractivity contribution in [2.75, 3.05) is 11.1 Å². The third-order valence-corrected chi connectivity index (χ3v) is 4.71. The van der Waals surface area contributed by atoms with E-state index in [4.69, 9.17) is 5.73 Å². The van der Waals surface area contributed by atoms with Crippen molar-refractivity contribution in [1.82, 2.24) is 14.8 Å². The number of nitrogens with two attached hydrogens (primary N) is 1. The molecule has 2 aromatic heterocycles. The van der Waals surface area contributed by atoms with Crippen LogP contribution in [0.25, 0.3) is 10.2 Å². The van der Waals surface area contributed by atoms with E-state index in [0.29, 0.717) is 6.54 Å². The summed E-state index contributed by atoms with van der Waals surface area (Å²) in [6.07, 6.45) is 0. The first kappa shape index (κ1) is 13.9. The highest BCUT2D eigenvalue weighted by molar-refractivity contribution is 7.18. The van der Waals surface area contributed by atoms with Crippen molar-refractivity contribution in [2.45, 2.75) is 27.3 Å². The van der Waals surface area contributed by atoms with Gasteiger partial charge in [-0.15, -0.1) is 11.3 Å². The standard InChI is InChI=1S/C15H19N5S/c1-8-11(9(2)20(4)19-8)7-17-13-6-14-15(5-12(13)16)21-10(3)18-14/h5-6,17H,7,16H2,1-4H3. The molecule has 3 aromatic rings. The highest BCUT2D eigenvalue weighted by Crippen LogP contribution is 2.30. The quantitative estimate of drug-likeness (QED) is 0.729. The Hall–Kier alpha value is -2.08. The second-order valence-corrected chi connectivity index (χ2v) is 6.50. The number of nitrogen functional groups attached to an aromatic ring is 1. The van der Waals surface area contributed by atoms with Crippen LogP contribution in [-0.2, 0) is 13.6 Å². The summed E-state index contributed by atoms with van der Waals surface area (Å²) in [6, 6.07) is 4.01. The van der Waals surface area contributed by atoms with Crippen molar-refractivity contribution in [3.05, 3.63) is 34.1 Å². The van der Waals surface area contributed by atoms with E-state index in [-0.39, 0.29) is 0 Å². The molecule has 2 heterocycles. The maximum absolute atomic E-state index is 6.14. The van der Waals surface area contributed by atoms with Crippen LogP contribution >= 0.6 is 11.3 Å². The molecule has 5 nitrogen and oxygen atoms in total. The van der Waals surface area contributed by atoms with Gasteiger partial charge in [-0.05, 0) is 32.9 Å². The van der Waals surface area contributed by atoms with Crippen molar-refractivity contribution in [3.8, 4) is 0 Å². The van der Waals surface area contributed by atoms with Gasteiger partial charge in [0, 0.05) is 24.8 Å². The van der Waals surface area contributed by atoms with E-state index >= 15 is 0 Å². The molecule has 0 bridgehead atoms. The zero-order valence-electron chi connectivity index (χ0n) is 12.7. The topological polar surface area (TPSA) is 68.8 Å². The van der Waals surface area contributed by atoms with Gasteiger partial charge in [-0.2, -0.15) is 5.10 Å². The smallest absolute Gasteiger partial charge is 0.0907 e. The minimum atomic E-state index is 0.713. The molecule has 0 aliphatic rings. The van der Waals surface area contributed by atoms with E-state index in [0.717, 1.165) is 32.3 Å². The van der Waals surface area contributed by atoms with Crippen LogP contribution in [0.4, 0.5) is 11.4 Å². The minimum Gasteiger partial charge on any atom is -0.397 e. The molecule has 0 fully saturated rings. The van der Waals surface area contributed by atoms with Crippen molar-refractivity contribution in [2.24, 2.45) is 7.05 Å². The van der Waals surface area contributed by atoms with Gasteiger partial charge in [-0.25, -0.2) is 4.98 Å². The molecule has 0 aliphatic heterocycles. The summed E-state index contributed by atoms with van der Waals surface area (Å²) < 4.78 is 3.03. The van der Waals surface area contributed by atoms with Crippen LogP contribution in [0.15, 0.2) is 12.1 Å². The van der Waals surface area contributed by atoms with Crippen LogP contribution in [0.5, 0.6) is 0 Å². The fourth-order valence-electron chi connectivity index (χ4n) is 2.51. The summed E-state index contributed by atoms with van der Waals surface area (Å²) in [5.41, 5.74) is 12.2. The van der Waals surface area contributed by atoms with Gasteiger partial charge in [0.25, 0.3) is 0 Å². The van der Waals surface area contributed by atoms with Gasteiger partial charge in [0.1, 0.15) is 0 Å². The number of nitrogens with one attached hydrogen (secondary N) is 1. The number of nitrogens with zero attached hydrogens (tertiary/aromatic N) is 3. The van der Waals surface area contributed by atoms with Crippen molar-refractivity contribution >= 4 is 32.9 Å². The van der Waals surface area contributed by atoms with Gasteiger partial charge < -0.3 is 11.1 Å². The van der Waals surface area contributed by atoms with Gasteiger partial charge >= 0.3 is 0 Å². The van der Waals surface area contributed by atoms with Crippen LogP contribution in [0.1, 0.15) is 22.0 Å². The van der Waals surface area contributed by atoms with Gasteiger partial charge in [-0.3, -0.25) is 4.68 Å². The van der Waals surface area contributed by atoms with Crippen molar-refractivity contribution in [1.29, 1.82) is 0 Å². The molecule has 0 unspecified atom stereocenters. The number of anilines is 2. The maximum atomic E-state index is 6.14. The number of hydrogen-bond acceptors (Lipinski definition) is 5. The largest absolute Gasteiger partial charge is 0.397 e. The summed E-state index contributed by atoms with van der Waals surface area (Å²) in [5.74, 6) is 0. The molecule has 21 heavy (non-hydrogen) atoms. The molecule has 3 N–H and O–H groups in total. The SMILES string of the molecule is Cc1nc2cc(NCc3c(C)nn(C)c3C)c(N)cc2s1. The molecule has 3 rings (SSSR count). The summed E-state index contributed by atoms with van der Waals surface area (Å²) in [6.45, 7) is 6.83. The zero-order valence-corrected chi connectivity index (χ0v) is 13.5. The van der Waals surface area contributed by atoms with E-state index in [9.17, 15) is 0 Å². The predicted octanol–water partition coefficient (Wildman–Crippen LogP) is 3.15. The monoisotopic (exact) mass is 301 g/mol. The molecular weight excluding hydrogens is 282 g/mol. The third-order valence-electron chi connectivity index (χ3n) is 3.78. The Morgan fingerprint density at radius 2 is 2.05 bits per heavy atom. The molecule has 0 saturated carbocycles. The van der Waals surface area contributed by atoms with E-state index in [2.05, 4.69) is 22.3 Å². The Bertz CT molecular complexity index is 815.